The predicted octanol–water partition coefficient (Wildman–Crippen LogP) is 5.21. The van der Waals surface area contributed by atoms with Crippen LogP contribution in [0, 0.1) is 17.8 Å². The molecule has 0 aliphatic heterocycles. The second kappa shape index (κ2) is 12.1. The number of esters is 1. The van der Waals surface area contributed by atoms with E-state index in [1.54, 1.807) is 6.92 Å². The molecule has 0 aromatic carbocycles. The first-order valence-corrected chi connectivity index (χ1v) is 11.9. The van der Waals surface area contributed by atoms with Crippen LogP contribution in [0.5, 0.6) is 0 Å². The molecule has 1 aliphatic rings. The molecule has 1 aliphatic carbocycles. The average molecular weight is 443 g/mol. The van der Waals surface area contributed by atoms with Crippen LogP contribution in [0.2, 0.25) is 0 Å². The molecule has 6 atom stereocenters. The lowest BCUT2D eigenvalue weighted by Crippen LogP contribution is -2.16. The summed E-state index contributed by atoms with van der Waals surface area (Å²) in [6.07, 6.45) is 9.56. The van der Waals surface area contributed by atoms with E-state index in [-0.39, 0.29) is 17.5 Å². The number of thiophene rings is 1. The van der Waals surface area contributed by atoms with Crippen molar-refractivity contribution in [2.75, 3.05) is 7.11 Å². The van der Waals surface area contributed by atoms with Crippen LogP contribution < -0.4 is 0 Å². The van der Waals surface area contributed by atoms with E-state index < -0.39 is 6.10 Å². The van der Waals surface area contributed by atoms with Gasteiger partial charge in [0.05, 0.1) is 19.3 Å². The molecule has 4 nitrogen and oxygen atoms in total. The van der Waals surface area contributed by atoms with E-state index in [4.69, 9.17) is 16.3 Å². The number of allylic oxidation sites excluding steroid dienone is 1. The number of ether oxygens (including phenoxy) is 1. The third-order valence-electron chi connectivity index (χ3n) is 5.90. The van der Waals surface area contributed by atoms with E-state index in [1.807, 2.05) is 18.2 Å². The van der Waals surface area contributed by atoms with Crippen LogP contribution in [-0.4, -0.2) is 40.9 Å². The minimum absolute atomic E-state index is 0.168. The van der Waals surface area contributed by atoms with Crippen LogP contribution in [0.1, 0.15) is 66.9 Å². The third-order valence-corrected chi connectivity index (χ3v) is 7.53. The second-order valence-electron chi connectivity index (χ2n) is 8.35. The Morgan fingerprint density at radius 1 is 1.34 bits per heavy atom. The molecule has 164 valence electrons. The lowest BCUT2D eigenvalue weighted by molar-refractivity contribution is 0.0606. The number of carbonyl (C=O) groups is 1. The molecule has 1 aromatic rings. The summed E-state index contributed by atoms with van der Waals surface area (Å²) in [5, 5.41) is 19.7. The number of halogens is 1. The number of aliphatic hydroxyl groups excluding tert-OH is 2. The molecule has 29 heavy (non-hydrogen) atoms. The summed E-state index contributed by atoms with van der Waals surface area (Å²) in [5.74, 6) is 1.03. The zero-order valence-corrected chi connectivity index (χ0v) is 19.3. The quantitative estimate of drug-likeness (QED) is 0.280. The van der Waals surface area contributed by atoms with Gasteiger partial charge in [-0.2, -0.15) is 0 Å². The number of alkyl halides is 1. The Balaban J connectivity index is 1.84. The normalized spacial score (nSPS) is 26.7. The Kier molecular flexibility index (Phi) is 10.2. The molecule has 1 saturated carbocycles. The van der Waals surface area contributed by atoms with Crippen molar-refractivity contribution >= 4 is 28.9 Å². The predicted molar refractivity (Wildman–Crippen MR) is 120 cm³/mol. The van der Waals surface area contributed by atoms with Crippen LogP contribution in [0.4, 0.5) is 0 Å². The van der Waals surface area contributed by atoms with E-state index in [1.165, 1.54) is 23.3 Å². The van der Waals surface area contributed by atoms with Gasteiger partial charge in [0.15, 0.2) is 0 Å². The Morgan fingerprint density at radius 3 is 2.79 bits per heavy atom. The number of aryl methyl sites for hydroxylation is 1. The first-order valence-electron chi connectivity index (χ1n) is 10.7. The lowest BCUT2D eigenvalue weighted by Gasteiger charge is -2.21. The monoisotopic (exact) mass is 442 g/mol. The lowest BCUT2D eigenvalue weighted by atomic mass is 9.86. The molecule has 2 rings (SSSR count). The van der Waals surface area contributed by atoms with Crippen molar-refractivity contribution in [1.29, 1.82) is 0 Å². The largest absolute Gasteiger partial charge is 0.465 e. The molecular formula is C23H35ClO4S. The highest BCUT2D eigenvalue weighted by Crippen LogP contribution is 2.43. The second-order valence-corrected chi connectivity index (χ2v) is 10.1. The van der Waals surface area contributed by atoms with Gasteiger partial charge < -0.3 is 14.9 Å². The molecule has 2 N–H and O–H groups in total. The highest BCUT2D eigenvalue weighted by Gasteiger charge is 2.38. The van der Waals surface area contributed by atoms with Gasteiger partial charge in [0.2, 0.25) is 0 Å². The third kappa shape index (κ3) is 7.71. The first-order chi connectivity index (χ1) is 13.8. The van der Waals surface area contributed by atoms with E-state index >= 15 is 0 Å². The van der Waals surface area contributed by atoms with Crippen LogP contribution in [0.3, 0.4) is 0 Å². The van der Waals surface area contributed by atoms with Crippen LogP contribution in [-0.2, 0) is 11.2 Å². The Morgan fingerprint density at radius 2 is 2.10 bits per heavy atom. The van der Waals surface area contributed by atoms with Gasteiger partial charge in [0.1, 0.15) is 4.88 Å². The maximum absolute atomic E-state index is 11.6. The van der Waals surface area contributed by atoms with Gasteiger partial charge in [-0.15, -0.1) is 22.9 Å². The summed E-state index contributed by atoms with van der Waals surface area (Å²) in [5.41, 5.74) is 0. The van der Waals surface area contributed by atoms with Crippen molar-refractivity contribution < 1.29 is 19.7 Å². The molecule has 0 saturated heterocycles. The first kappa shape index (κ1) is 24.4. The van der Waals surface area contributed by atoms with Crippen LogP contribution in [0.15, 0.2) is 24.3 Å². The number of carbonyl (C=O) groups excluding carboxylic acids is 1. The minimum atomic E-state index is -0.459. The Labute approximate surface area is 183 Å². The van der Waals surface area contributed by atoms with Crippen molar-refractivity contribution in [2.24, 2.45) is 17.8 Å². The smallest absolute Gasteiger partial charge is 0.348 e. The maximum Gasteiger partial charge on any atom is 0.348 e. The van der Waals surface area contributed by atoms with Crippen molar-refractivity contribution in [3.05, 3.63) is 34.0 Å². The average Bonchev–Trinajstić information content (AvgIpc) is 3.24. The molecule has 0 spiro atoms. The highest BCUT2D eigenvalue weighted by atomic mass is 35.5. The summed E-state index contributed by atoms with van der Waals surface area (Å²) in [7, 11) is 1.40. The van der Waals surface area contributed by atoms with E-state index in [2.05, 4.69) is 13.0 Å². The minimum Gasteiger partial charge on any atom is -0.465 e. The van der Waals surface area contributed by atoms with Crippen molar-refractivity contribution in [3.63, 3.8) is 0 Å². The molecule has 1 aromatic heterocycles. The van der Waals surface area contributed by atoms with E-state index in [9.17, 15) is 15.0 Å². The van der Waals surface area contributed by atoms with E-state index in [0.29, 0.717) is 29.1 Å². The van der Waals surface area contributed by atoms with Gasteiger partial charge >= 0.3 is 5.97 Å². The topological polar surface area (TPSA) is 66.8 Å². The van der Waals surface area contributed by atoms with Crippen molar-refractivity contribution in [1.82, 2.24) is 0 Å². The SMILES string of the molecule is COC(=O)c1ccc(CCC[C@@H]2[C@@H](/C=C/[C@@H](O)CCC[C@@H](C)O)[C@H](C)C[C@H]2Cl)s1. The van der Waals surface area contributed by atoms with Gasteiger partial charge in [0.25, 0.3) is 0 Å². The summed E-state index contributed by atoms with van der Waals surface area (Å²) in [6.45, 7) is 4.02. The van der Waals surface area contributed by atoms with Gasteiger partial charge in [-0.3, -0.25) is 0 Å². The standard InChI is InChI=1S/C23H35ClO4S/c1-15-14-21(24)20(19(15)12-10-17(26)7-4-6-16(2)25)9-5-8-18-11-13-22(29-18)23(27)28-3/h10-13,15-17,19-21,25-26H,4-9,14H2,1-3H3/b12-10+/t15-,16-,17+,19+,20-,21-/m1/s1. The van der Waals surface area contributed by atoms with Gasteiger partial charge in [-0.25, -0.2) is 4.79 Å². The number of methoxy groups -OCH3 is 1. The summed E-state index contributed by atoms with van der Waals surface area (Å²) in [4.78, 5) is 13.4. The van der Waals surface area contributed by atoms with Gasteiger partial charge in [0, 0.05) is 10.3 Å². The van der Waals surface area contributed by atoms with E-state index in [0.717, 1.165) is 38.5 Å². The molecule has 0 amide bonds. The number of hydrogen-bond acceptors (Lipinski definition) is 5. The molecule has 1 heterocycles. The number of rotatable bonds is 11. The number of aliphatic hydroxyl groups is 2. The van der Waals surface area contributed by atoms with Crippen molar-refractivity contribution in [2.45, 2.75) is 76.4 Å². The molecule has 0 unspecified atom stereocenters. The van der Waals surface area contributed by atoms with Gasteiger partial charge in [-0.05, 0) is 81.8 Å². The summed E-state index contributed by atoms with van der Waals surface area (Å²) < 4.78 is 4.77. The maximum atomic E-state index is 11.6. The molecule has 0 radical (unpaired) electrons. The zero-order chi connectivity index (χ0) is 21.4. The van der Waals surface area contributed by atoms with Gasteiger partial charge in [-0.1, -0.05) is 19.1 Å². The summed E-state index contributed by atoms with van der Waals surface area (Å²) in [6, 6.07) is 3.84. The van der Waals surface area contributed by atoms with Crippen molar-refractivity contribution in [3.8, 4) is 0 Å². The Bertz CT molecular complexity index is 657. The number of hydrogen-bond donors (Lipinski definition) is 2. The molecule has 1 fully saturated rings. The zero-order valence-electron chi connectivity index (χ0n) is 17.7. The summed E-state index contributed by atoms with van der Waals surface area (Å²) >= 11 is 8.17. The molecular weight excluding hydrogens is 408 g/mol. The fraction of sp³-hybridized carbons (Fsp3) is 0.696. The molecule has 0 bridgehead atoms. The molecule has 6 heteroatoms. The Hall–Kier alpha value is -0.880. The van der Waals surface area contributed by atoms with Crippen LogP contribution >= 0.6 is 22.9 Å². The highest BCUT2D eigenvalue weighted by molar-refractivity contribution is 7.13. The van der Waals surface area contributed by atoms with Crippen LogP contribution in [0.25, 0.3) is 0 Å². The fourth-order valence-corrected chi connectivity index (χ4v) is 5.81. The fourth-order valence-electron chi connectivity index (χ4n) is 4.27.